The number of hydrogen-bond acceptors (Lipinski definition) is 9. The molecular weight excluding hydrogens is 521 g/mol. The number of hydrogen-bond donors (Lipinski definition) is 1. The van der Waals surface area contributed by atoms with Crippen LogP contribution in [0.2, 0.25) is 0 Å². The molecule has 29 heavy (non-hydrogen) atoms. The highest BCUT2D eigenvalue weighted by atomic mass is 127. The molecule has 0 aliphatic carbocycles. The van der Waals surface area contributed by atoms with Crippen LogP contribution in [-0.2, 0) is 23.8 Å². The van der Waals surface area contributed by atoms with Gasteiger partial charge in [-0.1, -0.05) is 14.0 Å². The highest BCUT2D eigenvalue weighted by Gasteiger charge is 2.39. The van der Waals surface area contributed by atoms with Gasteiger partial charge in [-0.2, -0.15) is 0 Å². The van der Waals surface area contributed by atoms with Gasteiger partial charge in [-0.25, -0.2) is 4.79 Å². The van der Waals surface area contributed by atoms with E-state index >= 15 is 0 Å². The third-order valence-corrected chi connectivity index (χ3v) is 5.47. The lowest BCUT2D eigenvalue weighted by molar-refractivity contribution is -0.155. The molecule has 1 aliphatic heterocycles. The molecule has 14 heteroatoms. The van der Waals surface area contributed by atoms with E-state index in [9.17, 15) is 19.2 Å². The summed E-state index contributed by atoms with van der Waals surface area (Å²) in [6, 6.07) is 0. The Morgan fingerprint density at radius 1 is 1.48 bits per heavy atom. The number of nitrogens with zero attached hydrogens (tertiary/aromatic N) is 4. The van der Waals surface area contributed by atoms with Crippen molar-refractivity contribution in [1.29, 1.82) is 0 Å². The van der Waals surface area contributed by atoms with E-state index in [0.717, 1.165) is 13.5 Å². The van der Waals surface area contributed by atoms with Crippen LogP contribution in [0.4, 0.5) is 0 Å². The van der Waals surface area contributed by atoms with Crippen LogP contribution in [0.3, 0.4) is 0 Å². The number of H-pyrrole nitrogens is 1. The number of halogens is 1. The molecule has 0 radical (unpaired) electrons. The number of nitrogens with one attached hydrogen (secondary N) is 1. The average molecular weight is 537 g/mol. The standard InChI is InChI=1S/C15H16IN5O7S/c1-7(22)26-6-11-10(27-8(2)23)4-13(28-11)21-5-9(14(24)18-15(21)25)3-12(29-16)19-20-17/h3,5,10-11,13H,4,6H2,1-2H3,(H,18,24,25)/b12-3+/t10-,11?,13-/m1/s1. The van der Waals surface area contributed by atoms with Crippen molar-refractivity contribution in [3.63, 3.8) is 0 Å². The van der Waals surface area contributed by atoms with Gasteiger partial charge in [0.2, 0.25) is 0 Å². The van der Waals surface area contributed by atoms with Gasteiger partial charge in [-0.05, 0) is 11.6 Å². The lowest BCUT2D eigenvalue weighted by Crippen LogP contribution is -2.33. The molecule has 12 nitrogen and oxygen atoms in total. The Labute approximate surface area is 179 Å². The molecule has 2 heterocycles. The number of esters is 2. The molecule has 1 unspecified atom stereocenters. The van der Waals surface area contributed by atoms with Crippen LogP contribution >= 0.6 is 30.1 Å². The molecule has 1 aromatic rings. The van der Waals surface area contributed by atoms with E-state index in [2.05, 4.69) is 15.0 Å². The summed E-state index contributed by atoms with van der Waals surface area (Å²) in [5, 5.41) is 3.66. The minimum atomic E-state index is -0.883. The largest absolute Gasteiger partial charge is 0.463 e. The van der Waals surface area contributed by atoms with Crippen molar-refractivity contribution in [3.05, 3.63) is 48.1 Å². The smallest absolute Gasteiger partial charge is 0.330 e. The summed E-state index contributed by atoms with van der Waals surface area (Å²) in [7, 11) is 1.09. The van der Waals surface area contributed by atoms with E-state index < -0.39 is 41.6 Å². The summed E-state index contributed by atoms with van der Waals surface area (Å²) in [5.74, 6) is -1.09. The highest BCUT2D eigenvalue weighted by Crippen LogP contribution is 2.31. The third-order valence-electron chi connectivity index (χ3n) is 3.76. The summed E-state index contributed by atoms with van der Waals surface area (Å²) >= 11 is 1.88. The molecule has 1 aromatic heterocycles. The van der Waals surface area contributed by atoms with Crippen LogP contribution in [0.5, 0.6) is 0 Å². The molecule has 1 fully saturated rings. The fourth-order valence-electron chi connectivity index (χ4n) is 2.62. The van der Waals surface area contributed by atoms with Crippen LogP contribution < -0.4 is 11.2 Å². The second kappa shape index (κ2) is 10.5. The fraction of sp³-hybridized carbons (Fsp3) is 0.467. The van der Waals surface area contributed by atoms with Crippen molar-refractivity contribution in [2.75, 3.05) is 6.61 Å². The number of rotatable bonds is 7. The van der Waals surface area contributed by atoms with E-state index in [1.165, 1.54) is 26.1 Å². The van der Waals surface area contributed by atoms with Crippen molar-refractivity contribution in [3.8, 4) is 0 Å². The molecule has 2 rings (SSSR count). The molecule has 156 valence electrons. The number of aromatic amines is 1. The minimum absolute atomic E-state index is 0.0623. The van der Waals surface area contributed by atoms with Gasteiger partial charge >= 0.3 is 17.6 Å². The molecule has 1 saturated heterocycles. The predicted molar refractivity (Wildman–Crippen MR) is 111 cm³/mol. The number of carbonyl (C=O) groups excluding carboxylic acids is 2. The van der Waals surface area contributed by atoms with Crippen LogP contribution in [-0.4, -0.2) is 40.3 Å². The maximum absolute atomic E-state index is 12.3. The summed E-state index contributed by atoms with van der Waals surface area (Å²) in [6.07, 6.45) is 0.259. The van der Waals surface area contributed by atoms with Crippen molar-refractivity contribution >= 4 is 48.2 Å². The molecular formula is C15H16IN5O7S. The zero-order valence-electron chi connectivity index (χ0n) is 15.2. The van der Waals surface area contributed by atoms with E-state index in [4.69, 9.17) is 19.7 Å². The van der Waals surface area contributed by atoms with E-state index in [1.807, 2.05) is 21.2 Å². The Balaban J connectivity index is 2.37. The molecule has 0 aromatic carbocycles. The number of azide groups is 1. The van der Waals surface area contributed by atoms with Gasteiger partial charge in [-0.3, -0.25) is 23.9 Å². The van der Waals surface area contributed by atoms with Gasteiger partial charge in [0.15, 0.2) is 0 Å². The first-order valence-corrected chi connectivity index (χ1v) is 11.5. The highest BCUT2D eigenvalue weighted by molar-refractivity contribution is 14.2. The molecule has 3 atom stereocenters. The lowest BCUT2D eigenvalue weighted by atomic mass is 10.2. The first-order valence-electron chi connectivity index (χ1n) is 8.12. The van der Waals surface area contributed by atoms with Gasteiger partial charge in [0.05, 0.1) is 10.6 Å². The Morgan fingerprint density at radius 2 is 2.21 bits per heavy atom. The fourth-order valence-corrected chi connectivity index (χ4v) is 3.50. The summed E-state index contributed by atoms with van der Waals surface area (Å²) < 4.78 is 17.0. The maximum Gasteiger partial charge on any atom is 0.330 e. The van der Waals surface area contributed by atoms with E-state index in [1.54, 1.807) is 0 Å². The SMILES string of the molecule is CC(=O)OCC1O[C@@H](n2cc(/C=C(\N=[N+]=[N-])SI)c(=O)[nH]c2=O)C[C@H]1OC(C)=O. The first kappa shape index (κ1) is 23.0. The van der Waals surface area contributed by atoms with Crippen molar-refractivity contribution in [2.24, 2.45) is 5.11 Å². The molecule has 1 aliphatic rings. The zero-order valence-corrected chi connectivity index (χ0v) is 18.2. The van der Waals surface area contributed by atoms with Crippen LogP contribution in [0.25, 0.3) is 16.5 Å². The second-order valence-corrected chi connectivity index (χ2v) is 7.71. The molecule has 0 amide bonds. The summed E-state index contributed by atoms with van der Waals surface area (Å²) in [5.41, 5.74) is 7.22. The Kier molecular flexibility index (Phi) is 8.31. The van der Waals surface area contributed by atoms with Crippen molar-refractivity contribution in [1.82, 2.24) is 9.55 Å². The van der Waals surface area contributed by atoms with E-state index in [-0.39, 0.29) is 23.6 Å². The second-order valence-electron chi connectivity index (χ2n) is 5.82. The maximum atomic E-state index is 12.3. The zero-order chi connectivity index (χ0) is 21.6. The first-order chi connectivity index (χ1) is 13.7. The van der Waals surface area contributed by atoms with Crippen molar-refractivity contribution < 1.29 is 23.8 Å². The quantitative estimate of drug-likeness (QED) is 0.181. The molecule has 1 N–H and O–H groups in total. The Morgan fingerprint density at radius 3 is 2.79 bits per heavy atom. The number of ether oxygens (including phenoxy) is 3. The molecule has 0 bridgehead atoms. The van der Waals surface area contributed by atoms with Gasteiger partial charge in [0, 0.05) is 52.6 Å². The minimum Gasteiger partial charge on any atom is -0.463 e. The van der Waals surface area contributed by atoms with Gasteiger partial charge in [-0.15, -0.1) is 0 Å². The van der Waals surface area contributed by atoms with Crippen LogP contribution in [0.1, 0.15) is 32.1 Å². The number of aromatic nitrogens is 2. The summed E-state index contributed by atoms with van der Waals surface area (Å²) in [4.78, 5) is 51.6. The summed E-state index contributed by atoms with van der Waals surface area (Å²) in [6.45, 7) is 2.29. The third kappa shape index (κ3) is 6.35. The Hall–Kier alpha value is -2.29. The Bertz CT molecular complexity index is 984. The predicted octanol–water partition coefficient (Wildman–Crippen LogP) is 2.01. The molecule has 0 saturated carbocycles. The van der Waals surface area contributed by atoms with Crippen LogP contribution in [0.15, 0.2) is 25.9 Å². The average Bonchev–Trinajstić information content (AvgIpc) is 3.03. The van der Waals surface area contributed by atoms with Gasteiger partial charge in [0.25, 0.3) is 5.56 Å². The molecule has 0 spiro atoms. The monoisotopic (exact) mass is 537 g/mol. The number of carbonyl (C=O) groups is 2. The van der Waals surface area contributed by atoms with Crippen molar-refractivity contribution in [2.45, 2.75) is 38.7 Å². The van der Waals surface area contributed by atoms with Gasteiger partial charge in [0.1, 0.15) is 25.0 Å². The topological polar surface area (TPSA) is 165 Å². The van der Waals surface area contributed by atoms with E-state index in [0.29, 0.717) is 0 Å². The van der Waals surface area contributed by atoms with Crippen LogP contribution in [0, 0.1) is 0 Å². The normalized spacial score (nSPS) is 21.3. The lowest BCUT2D eigenvalue weighted by Gasteiger charge is -2.17. The van der Waals surface area contributed by atoms with Gasteiger partial charge < -0.3 is 14.2 Å².